The molecule has 1 aromatic rings. The molecular formula is C15H23NO3. The van der Waals surface area contributed by atoms with Gasteiger partial charge in [-0.25, -0.2) is 0 Å². The third-order valence-corrected chi connectivity index (χ3v) is 4.10. The lowest BCUT2D eigenvalue weighted by Gasteiger charge is -2.29. The second-order valence-corrected chi connectivity index (χ2v) is 5.16. The van der Waals surface area contributed by atoms with E-state index in [0.29, 0.717) is 6.79 Å². The SMILES string of the molecule is CCC(CC)(CO)CNCc1ccc2c(c1)OCO2. The summed E-state index contributed by atoms with van der Waals surface area (Å²) in [4.78, 5) is 0. The van der Waals surface area contributed by atoms with Crippen LogP contribution in [0.3, 0.4) is 0 Å². The fraction of sp³-hybridized carbons (Fsp3) is 0.600. The van der Waals surface area contributed by atoms with Crippen molar-refractivity contribution < 1.29 is 14.6 Å². The average molecular weight is 265 g/mol. The molecule has 0 fully saturated rings. The summed E-state index contributed by atoms with van der Waals surface area (Å²) in [5, 5.41) is 13.0. The summed E-state index contributed by atoms with van der Waals surface area (Å²) >= 11 is 0. The van der Waals surface area contributed by atoms with Crippen LogP contribution in [0.4, 0.5) is 0 Å². The molecule has 0 saturated carbocycles. The van der Waals surface area contributed by atoms with E-state index in [2.05, 4.69) is 19.2 Å². The topological polar surface area (TPSA) is 50.7 Å². The maximum atomic E-state index is 9.52. The van der Waals surface area contributed by atoms with E-state index in [1.165, 1.54) is 5.56 Å². The fourth-order valence-electron chi connectivity index (χ4n) is 2.30. The van der Waals surface area contributed by atoms with E-state index in [9.17, 15) is 5.11 Å². The molecule has 0 radical (unpaired) electrons. The molecule has 0 atom stereocenters. The van der Waals surface area contributed by atoms with E-state index in [4.69, 9.17) is 9.47 Å². The number of nitrogens with one attached hydrogen (secondary N) is 1. The van der Waals surface area contributed by atoms with Gasteiger partial charge in [0.2, 0.25) is 6.79 Å². The zero-order chi connectivity index (χ0) is 13.7. The van der Waals surface area contributed by atoms with Crippen molar-refractivity contribution in [2.45, 2.75) is 33.2 Å². The van der Waals surface area contributed by atoms with E-state index < -0.39 is 0 Å². The predicted molar refractivity (Wildman–Crippen MR) is 74.4 cm³/mol. The number of hydrogen-bond acceptors (Lipinski definition) is 4. The van der Waals surface area contributed by atoms with Gasteiger partial charge in [0.05, 0.1) is 0 Å². The van der Waals surface area contributed by atoms with Crippen molar-refractivity contribution in [1.29, 1.82) is 0 Å². The molecule has 1 aromatic carbocycles. The smallest absolute Gasteiger partial charge is 0.231 e. The van der Waals surface area contributed by atoms with Gasteiger partial charge in [0.15, 0.2) is 11.5 Å². The summed E-state index contributed by atoms with van der Waals surface area (Å²) in [6.45, 7) is 6.40. The van der Waals surface area contributed by atoms with E-state index >= 15 is 0 Å². The fourth-order valence-corrected chi connectivity index (χ4v) is 2.30. The molecule has 0 aromatic heterocycles. The van der Waals surface area contributed by atoms with Crippen molar-refractivity contribution >= 4 is 0 Å². The maximum absolute atomic E-state index is 9.52. The molecule has 0 spiro atoms. The van der Waals surface area contributed by atoms with Crippen LogP contribution in [0.5, 0.6) is 11.5 Å². The second-order valence-electron chi connectivity index (χ2n) is 5.16. The van der Waals surface area contributed by atoms with Gasteiger partial charge >= 0.3 is 0 Å². The van der Waals surface area contributed by atoms with Crippen LogP contribution in [-0.4, -0.2) is 25.1 Å². The molecule has 0 unspecified atom stereocenters. The molecule has 19 heavy (non-hydrogen) atoms. The van der Waals surface area contributed by atoms with Gasteiger partial charge in [-0.1, -0.05) is 19.9 Å². The second kappa shape index (κ2) is 6.26. The molecule has 4 nitrogen and oxygen atoms in total. The molecule has 106 valence electrons. The summed E-state index contributed by atoms with van der Waals surface area (Å²) < 4.78 is 10.6. The van der Waals surface area contributed by atoms with Crippen LogP contribution in [0.2, 0.25) is 0 Å². The summed E-state index contributed by atoms with van der Waals surface area (Å²) in [6, 6.07) is 5.99. The number of aliphatic hydroxyl groups is 1. The highest BCUT2D eigenvalue weighted by atomic mass is 16.7. The Morgan fingerprint density at radius 3 is 2.63 bits per heavy atom. The first-order valence-corrected chi connectivity index (χ1v) is 6.93. The van der Waals surface area contributed by atoms with Crippen LogP contribution >= 0.6 is 0 Å². The van der Waals surface area contributed by atoms with Gasteiger partial charge in [-0.3, -0.25) is 0 Å². The van der Waals surface area contributed by atoms with E-state index in [-0.39, 0.29) is 12.0 Å². The average Bonchev–Trinajstić information content (AvgIpc) is 2.92. The highest BCUT2D eigenvalue weighted by Gasteiger charge is 2.24. The first kappa shape index (κ1) is 14.2. The zero-order valence-corrected chi connectivity index (χ0v) is 11.7. The molecule has 1 aliphatic rings. The van der Waals surface area contributed by atoms with Gasteiger partial charge in [-0.2, -0.15) is 0 Å². The molecule has 0 aliphatic carbocycles. The van der Waals surface area contributed by atoms with Crippen molar-refractivity contribution in [2.75, 3.05) is 19.9 Å². The van der Waals surface area contributed by atoms with Crippen molar-refractivity contribution in [2.24, 2.45) is 5.41 Å². The molecule has 0 amide bonds. The van der Waals surface area contributed by atoms with E-state index in [1.54, 1.807) is 0 Å². The summed E-state index contributed by atoms with van der Waals surface area (Å²) in [6.07, 6.45) is 1.96. The molecule has 0 saturated heterocycles. The lowest BCUT2D eigenvalue weighted by atomic mass is 9.83. The van der Waals surface area contributed by atoms with Crippen LogP contribution in [-0.2, 0) is 6.54 Å². The Kier molecular flexibility index (Phi) is 4.66. The quantitative estimate of drug-likeness (QED) is 0.794. The van der Waals surface area contributed by atoms with Crippen molar-refractivity contribution in [3.63, 3.8) is 0 Å². The highest BCUT2D eigenvalue weighted by Crippen LogP contribution is 2.32. The van der Waals surface area contributed by atoms with Crippen molar-refractivity contribution in [1.82, 2.24) is 5.32 Å². The van der Waals surface area contributed by atoms with Gasteiger partial charge in [0.1, 0.15) is 0 Å². The standard InChI is InChI=1S/C15H23NO3/c1-3-15(4-2,10-17)9-16-8-12-5-6-13-14(7-12)19-11-18-13/h5-7,16-17H,3-4,8-11H2,1-2H3. The van der Waals surface area contributed by atoms with Gasteiger partial charge in [0, 0.05) is 25.1 Å². The van der Waals surface area contributed by atoms with Crippen molar-refractivity contribution in [3.8, 4) is 11.5 Å². The van der Waals surface area contributed by atoms with Crippen LogP contribution < -0.4 is 14.8 Å². The molecule has 2 N–H and O–H groups in total. The van der Waals surface area contributed by atoms with Gasteiger partial charge in [0.25, 0.3) is 0 Å². The predicted octanol–water partition coefficient (Wildman–Crippen LogP) is 2.30. The van der Waals surface area contributed by atoms with E-state index in [0.717, 1.165) is 37.4 Å². The van der Waals surface area contributed by atoms with E-state index in [1.807, 2.05) is 18.2 Å². The van der Waals surface area contributed by atoms with Crippen molar-refractivity contribution in [3.05, 3.63) is 23.8 Å². The molecule has 1 heterocycles. The highest BCUT2D eigenvalue weighted by molar-refractivity contribution is 5.44. The minimum atomic E-state index is -0.00363. The number of aliphatic hydroxyl groups excluding tert-OH is 1. The lowest BCUT2D eigenvalue weighted by molar-refractivity contribution is 0.113. The summed E-state index contributed by atoms with van der Waals surface area (Å²) in [5.41, 5.74) is 1.17. The number of fused-ring (bicyclic) bond motifs is 1. The largest absolute Gasteiger partial charge is 0.454 e. The Balaban J connectivity index is 1.89. The summed E-state index contributed by atoms with van der Waals surface area (Å²) in [5.74, 6) is 1.63. The van der Waals surface area contributed by atoms with Gasteiger partial charge < -0.3 is 19.9 Å². The Bertz CT molecular complexity index is 408. The third-order valence-electron chi connectivity index (χ3n) is 4.10. The molecule has 4 heteroatoms. The normalized spacial score (nSPS) is 13.8. The maximum Gasteiger partial charge on any atom is 0.231 e. The monoisotopic (exact) mass is 265 g/mol. The Labute approximate surface area is 114 Å². The van der Waals surface area contributed by atoms with Crippen LogP contribution in [0, 0.1) is 5.41 Å². The Morgan fingerprint density at radius 2 is 1.95 bits per heavy atom. The minimum Gasteiger partial charge on any atom is -0.454 e. The molecule has 2 rings (SSSR count). The summed E-state index contributed by atoms with van der Waals surface area (Å²) in [7, 11) is 0. The number of rotatable bonds is 7. The Hall–Kier alpha value is -1.26. The first-order chi connectivity index (χ1) is 9.23. The number of ether oxygens (including phenoxy) is 2. The third kappa shape index (κ3) is 3.19. The lowest BCUT2D eigenvalue weighted by Crippen LogP contribution is -2.36. The number of hydrogen-bond donors (Lipinski definition) is 2. The van der Waals surface area contributed by atoms with Gasteiger partial charge in [-0.05, 0) is 30.5 Å². The number of benzene rings is 1. The molecular weight excluding hydrogens is 242 g/mol. The Morgan fingerprint density at radius 1 is 1.21 bits per heavy atom. The zero-order valence-electron chi connectivity index (χ0n) is 11.7. The minimum absolute atomic E-state index is 0.00363. The van der Waals surface area contributed by atoms with Crippen LogP contribution in [0.15, 0.2) is 18.2 Å². The van der Waals surface area contributed by atoms with Gasteiger partial charge in [-0.15, -0.1) is 0 Å². The molecule has 1 aliphatic heterocycles. The first-order valence-electron chi connectivity index (χ1n) is 6.93. The van der Waals surface area contributed by atoms with Crippen LogP contribution in [0.25, 0.3) is 0 Å². The van der Waals surface area contributed by atoms with Crippen LogP contribution in [0.1, 0.15) is 32.3 Å². The molecule has 0 bridgehead atoms.